The van der Waals surface area contributed by atoms with Gasteiger partial charge >= 0.3 is 0 Å². The molecule has 14 heavy (non-hydrogen) atoms. The summed E-state index contributed by atoms with van der Waals surface area (Å²) in [6.45, 7) is 0.604. The number of methoxy groups -OCH3 is 1. The Morgan fingerprint density at radius 3 is 2.86 bits per heavy atom. The molecule has 1 saturated carbocycles. The molecule has 5 nitrogen and oxygen atoms in total. The Labute approximate surface area is 82.8 Å². The number of nitrogens with one attached hydrogen (secondary N) is 1. The van der Waals surface area contributed by atoms with Gasteiger partial charge in [-0.3, -0.25) is 0 Å². The molecule has 78 valence electrons. The minimum atomic E-state index is -0.268. The molecule has 1 heterocycles. The topological polar surface area (TPSA) is 60.2 Å². The van der Waals surface area contributed by atoms with E-state index in [2.05, 4.69) is 15.5 Å². The molecule has 0 bridgehead atoms. The molecule has 1 aromatic heterocycles. The quantitative estimate of drug-likeness (QED) is 0.774. The van der Waals surface area contributed by atoms with Crippen molar-refractivity contribution >= 4 is 0 Å². The van der Waals surface area contributed by atoms with Gasteiger partial charge < -0.3 is 14.6 Å². The average Bonchev–Trinajstić information content (AvgIpc) is 2.54. The summed E-state index contributed by atoms with van der Waals surface area (Å²) < 4.78 is 10.5. The standard InChI is InChI=1S/C9H15N3O2/c1-10-6-7-11-8(12-14-7)9(13-2)4-3-5-9/h10H,3-6H2,1-2H3. The molecular formula is C9H15N3O2. The molecule has 0 aromatic carbocycles. The first-order chi connectivity index (χ1) is 6.80. The lowest BCUT2D eigenvalue weighted by atomic mass is 9.79. The van der Waals surface area contributed by atoms with Crippen molar-refractivity contribution in [3.8, 4) is 0 Å². The highest BCUT2D eigenvalue weighted by molar-refractivity contribution is 5.06. The van der Waals surface area contributed by atoms with Crippen LogP contribution in [-0.2, 0) is 16.9 Å². The predicted octanol–water partition coefficient (Wildman–Crippen LogP) is 0.815. The van der Waals surface area contributed by atoms with E-state index in [1.165, 1.54) is 6.42 Å². The number of hydrogen-bond donors (Lipinski definition) is 1. The summed E-state index contributed by atoms with van der Waals surface area (Å²) in [6.07, 6.45) is 3.15. The first kappa shape index (κ1) is 9.61. The van der Waals surface area contributed by atoms with Crippen molar-refractivity contribution < 1.29 is 9.26 Å². The molecule has 0 aliphatic heterocycles. The zero-order valence-electron chi connectivity index (χ0n) is 8.54. The number of nitrogens with zero attached hydrogens (tertiary/aromatic N) is 2. The zero-order valence-corrected chi connectivity index (χ0v) is 8.54. The summed E-state index contributed by atoms with van der Waals surface area (Å²) in [5, 5.41) is 6.91. The van der Waals surface area contributed by atoms with E-state index in [9.17, 15) is 0 Å². The number of ether oxygens (including phenoxy) is 1. The zero-order chi connectivity index (χ0) is 10.0. The minimum absolute atomic E-state index is 0.268. The lowest BCUT2D eigenvalue weighted by Crippen LogP contribution is -2.37. The maximum Gasteiger partial charge on any atom is 0.240 e. The van der Waals surface area contributed by atoms with Crippen LogP contribution >= 0.6 is 0 Å². The second-order valence-electron chi connectivity index (χ2n) is 3.59. The highest BCUT2D eigenvalue weighted by Crippen LogP contribution is 2.42. The Kier molecular flexibility index (Phi) is 2.52. The van der Waals surface area contributed by atoms with Gasteiger partial charge in [0.2, 0.25) is 11.7 Å². The first-order valence-electron chi connectivity index (χ1n) is 4.83. The molecule has 5 heteroatoms. The summed E-state index contributed by atoms with van der Waals surface area (Å²) in [4.78, 5) is 4.30. The van der Waals surface area contributed by atoms with Crippen molar-refractivity contribution in [2.75, 3.05) is 14.2 Å². The first-order valence-corrected chi connectivity index (χ1v) is 4.83. The van der Waals surface area contributed by atoms with Gasteiger partial charge in [0.1, 0.15) is 5.60 Å². The Balaban J connectivity index is 2.15. The van der Waals surface area contributed by atoms with E-state index in [1.54, 1.807) is 7.11 Å². The van der Waals surface area contributed by atoms with E-state index in [1.807, 2.05) is 7.05 Å². The van der Waals surface area contributed by atoms with Crippen LogP contribution in [0.2, 0.25) is 0 Å². The monoisotopic (exact) mass is 197 g/mol. The molecule has 0 unspecified atom stereocenters. The summed E-state index contributed by atoms with van der Waals surface area (Å²) in [6, 6.07) is 0. The SMILES string of the molecule is CNCc1nc(C2(OC)CCC2)no1. The third-order valence-corrected chi connectivity index (χ3v) is 2.76. The third-order valence-electron chi connectivity index (χ3n) is 2.76. The van der Waals surface area contributed by atoms with E-state index in [0.29, 0.717) is 18.3 Å². The molecule has 1 aromatic rings. The molecule has 1 N–H and O–H groups in total. The molecule has 0 atom stereocenters. The molecule has 0 amide bonds. The highest BCUT2D eigenvalue weighted by Gasteiger charge is 2.43. The van der Waals surface area contributed by atoms with Crippen molar-refractivity contribution in [2.45, 2.75) is 31.4 Å². The molecule has 1 aliphatic carbocycles. The Morgan fingerprint density at radius 2 is 2.36 bits per heavy atom. The molecule has 2 rings (SSSR count). The van der Waals surface area contributed by atoms with Gasteiger partial charge in [-0.2, -0.15) is 4.98 Å². The van der Waals surface area contributed by atoms with Gasteiger partial charge in [0.25, 0.3) is 0 Å². The fraction of sp³-hybridized carbons (Fsp3) is 0.778. The van der Waals surface area contributed by atoms with Crippen molar-refractivity contribution in [2.24, 2.45) is 0 Å². The van der Waals surface area contributed by atoms with Gasteiger partial charge in [-0.05, 0) is 26.3 Å². The van der Waals surface area contributed by atoms with Crippen LogP contribution in [0.4, 0.5) is 0 Å². The smallest absolute Gasteiger partial charge is 0.240 e. The second-order valence-corrected chi connectivity index (χ2v) is 3.59. The van der Waals surface area contributed by atoms with Crippen LogP contribution in [0.3, 0.4) is 0 Å². The van der Waals surface area contributed by atoms with E-state index in [-0.39, 0.29) is 5.60 Å². The Hall–Kier alpha value is -0.940. The van der Waals surface area contributed by atoms with Crippen LogP contribution in [0.25, 0.3) is 0 Å². The number of hydrogen-bond acceptors (Lipinski definition) is 5. The molecule has 0 radical (unpaired) electrons. The second kappa shape index (κ2) is 3.67. The molecule has 0 spiro atoms. The Bertz CT molecular complexity index is 301. The Morgan fingerprint density at radius 1 is 1.57 bits per heavy atom. The van der Waals surface area contributed by atoms with E-state index in [0.717, 1.165) is 12.8 Å². The van der Waals surface area contributed by atoms with E-state index in [4.69, 9.17) is 9.26 Å². The van der Waals surface area contributed by atoms with Crippen molar-refractivity contribution in [1.82, 2.24) is 15.5 Å². The molecule has 1 fully saturated rings. The number of aromatic nitrogens is 2. The van der Waals surface area contributed by atoms with Crippen LogP contribution in [-0.4, -0.2) is 24.3 Å². The van der Waals surface area contributed by atoms with Gasteiger partial charge in [-0.15, -0.1) is 0 Å². The van der Waals surface area contributed by atoms with Gasteiger partial charge in [-0.25, -0.2) is 0 Å². The van der Waals surface area contributed by atoms with Gasteiger partial charge in [0, 0.05) is 7.11 Å². The largest absolute Gasteiger partial charge is 0.370 e. The normalized spacial score (nSPS) is 19.3. The average molecular weight is 197 g/mol. The van der Waals surface area contributed by atoms with Crippen LogP contribution in [0.1, 0.15) is 31.0 Å². The lowest BCUT2D eigenvalue weighted by molar-refractivity contribution is -0.0858. The molecule has 0 saturated heterocycles. The maximum atomic E-state index is 5.45. The van der Waals surface area contributed by atoms with Gasteiger partial charge in [0.15, 0.2) is 0 Å². The maximum absolute atomic E-state index is 5.45. The summed E-state index contributed by atoms with van der Waals surface area (Å²) in [7, 11) is 3.55. The predicted molar refractivity (Wildman–Crippen MR) is 49.6 cm³/mol. The van der Waals surface area contributed by atoms with E-state index >= 15 is 0 Å². The summed E-state index contributed by atoms with van der Waals surface area (Å²) in [5.74, 6) is 1.31. The summed E-state index contributed by atoms with van der Waals surface area (Å²) >= 11 is 0. The van der Waals surface area contributed by atoms with Gasteiger partial charge in [-0.1, -0.05) is 5.16 Å². The van der Waals surface area contributed by atoms with Crippen LogP contribution < -0.4 is 5.32 Å². The summed E-state index contributed by atoms with van der Waals surface area (Å²) in [5.41, 5.74) is -0.268. The highest BCUT2D eigenvalue weighted by atomic mass is 16.5. The lowest BCUT2D eigenvalue weighted by Gasteiger charge is -2.37. The fourth-order valence-corrected chi connectivity index (χ4v) is 1.68. The van der Waals surface area contributed by atoms with Crippen LogP contribution in [0, 0.1) is 0 Å². The van der Waals surface area contributed by atoms with Crippen molar-refractivity contribution in [3.63, 3.8) is 0 Å². The van der Waals surface area contributed by atoms with Crippen LogP contribution in [0.15, 0.2) is 4.52 Å². The van der Waals surface area contributed by atoms with E-state index < -0.39 is 0 Å². The third kappa shape index (κ3) is 1.42. The fourth-order valence-electron chi connectivity index (χ4n) is 1.68. The van der Waals surface area contributed by atoms with Crippen molar-refractivity contribution in [3.05, 3.63) is 11.7 Å². The van der Waals surface area contributed by atoms with Crippen LogP contribution in [0.5, 0.6) is 0 Å². The molecule has 1 aliphatic rings. The number of rotatable bonds is 4. The minimum Gasteiger partial charge on any atom is -0.370 e. The van der Waals surface area contributed by atoms with Crippen molar-refractivity contribution in [1.29, 1.82) is 0 Å². The van der Waals surface area contributed by atoms with Gasteiger partial charge in [0.05, 0.1) is 6.54 Å². The molecular weight excluding hydrogens is 182 g/mol.